The molecule has 0 fully saturated rings. The Morgan fingerprint density at radius 3 is 2.68 bits per heavy atom. The summed E-state index contributed by atoms with van der Waals surface area (Å²) >= 11 is 1.43. The van der Waals surface area contributed by atoms with Gasteiger partial charge in [0.05, 0.1) is 10.9 Å². The molecule has 5 heteroatoms. The summed E-state index contributed by atoms with van der Waals surface area (Å²) in [5.74, 6) is -0.292. The van der Waals surface area contributed by atoms with Crippen molar-refractivity contribution in [1.82, 2.24) is 0 Å². The zero-order valence-corrected chi connectivity index (χ0v) is 14.2. The number of para-hydroxylation sites is 1. The van der Waals surface area contributed by atoms with Crippen LogP contribution < -0.4 is 10.6 Å². The molecule has 3 aromatic carbocycles. The molecule has 1 aliphatic heterocycles. The number of anilines is 2. The predicted octanol–water partition coefficient (Wildman–Crippen LogP) is 4.28. The van der Waals surface area contributed by atoms with Crippen molar-refractivity contribution >= 4 is 45.7 Å². The quantitative estimate of drug-likeness (QED) is 0.743. The lowest BCUT2D eigenvalue weighted by atomic mass is 10.1. The lowest BCUT2D eigenvalue weighted by Gasteiger charge is -2.23. The molecule has 2 amide bonds. The number of rotatable bonds is 3. The molecule has 0 aromatic heterocycles. The fraction of sp³-hybridized carbons (Fsp3) is 0.100. The van der Waals surface area contributed by atoms with Gasteiger partial charge >= 0.3 is 0 Å². The van der Waals surface area contributed by atoms with Crippen molar-refractivity contribution in [2.24, 2.45) is 0 Å². The number of fused-ring (bicyclic) bond motifs is 2. The van der Waals surface area contributed by atoms with E-state index in [4.69, 9.17) is 0 Å². The molecule has 1 atom stereocenters. The number of benzene rings is 3. The fourth-order valence-electron chi connectivity index (χ4n) is 2.93. The summed E-state index contributed by atoms with van der Waals surface area (Å²) in [4.78, 5) is 25.7. The maximum absolute atomic E-state index is 12.5. The van der Waals surface area contributed by atoms with Crippen LogP contribution in [0.3, 0.4) is 0 Å². The van der Waals surface area contributed by atoms with Gasteiger partial charge in [0.25, 0.3) is 0 Å². The van der Waals surface area contributed by atoms with Gasteiger partial charge in [-0.1, -0.05) is 48.5 Å². The summed E-state index contributed by atoms with van der Waals surface area (Å²) < 4.78 is 0. The fourth-order valence-corrected chi connectivity index (χ4v) is 4.04. The summed E-state index contributed by atoms with van der Waals surface area (Å²) in [6.45, 7) is 0. The van der Waals surface area contributed by atoms with Gasteiger partial charge in [-0.25, -0.2) is 0 Å². The van der Waals surface area contributed by atoms with E-state index in [1.165, 1.54) is 11.8 Å². The Morgan fingerprint density at radius 2 is 1.76 bits per heavy atom. The minimum atomic E-state index is -0.426. The highest BCUT2D eigenvalue weighted by Gasteiger charge is 2.28. The first kappa shape index (κ1) is 15.7. The van der Waals surface area contributed by atoms with E-state index in [1.807, 2.05) is 66.7 Å². The minimum absolute atomic E-state index is 0.128. The van der Waals surface area contributed by atoms with Crippen LogP contribution >= 0.6 is 11.8 Å². The molecular formula is C20H16N2O2S. The highest BCUT2D eigenvalue weighted by atomic mass is 32.2. The van der Waals surface area contributed by atoms with E-state index in [0.717, 1.165) is 27.0 Å². The summed E-state index contributed by atoms with van der Waals surface area (Å²) in [5.41, 5.74) is 1.58. The number of nitrogens with one attached hydrogen (secondary N) is 2. The van der Waals surface area contributed by atoms with Crippen LogP contribution in [-0.4, -0.2) is 17.1 Å². The van der Waals surface area contributed by atoms with E-state index in [-0.39, 0.29) is 18.2 Å². The Kier molecular flexibility index (Phi) is 4.15. The van der Waals surface area contributed by atoms with Crippen molar-refractivity contribution in [2.45, 2.75) is 16.6 Å². The monoisotopic (exact) mass is 348 g/mol. The molecule has 0 saturated carbocycles. The third-order valence-corrected chi connectivity index (χ3v) is 5.42. The molecule has 4 nitrogen and oxygen atoms in total. The Bertz CT molecular complexity index is 965. The summed E-state index contributed by atoms with van der Waals surface area (Å²) in [5, 5.41) is 7.45. The van der Waals surface area contributed by atoms with Gasteiger partial charge < -0.3 is 10.6 Å². The number of carbonyl (C=O) groups excluding carboxylic acids is 2. The smallest absolute Gasteiger partial charge is 0.238 e. The third kappa shape index (κ3) is 3.23. The number of hydrogen-bond acceptors (Lipinski definition) is 3. The standard InChI is InChI=1S/C20H16N2O2S/c23-19(21-15-10-5-7-13-6-1-2-8-14(13)15)12-18-20(24)22-16-9-3-4-11-17(16)25-18/h1-11,18H,12H2,(H,21,23)(H,22,24). The van der Waals surface area contributed by atoms with Crippen LogP contribution in [0.25, 0.3) is 10.8 Å². The van der Waals surface area contributed by atoms with Crippen LogP contribution in [0.15, 0.2) is 71.6 Å². The van der Waals surface area contributed by atoms with Crippen molar-refractivity contribution in [1.29, 1.82) is 0 Å². The maximum Gasteiger partial charge on any atom is 0.238 e. The summed E-state index contributed by atoms with van der Waals surface area (Å²) in [7, 11) is 0. The van der Waals surface area contributed by atoms with Gasteiger partial charge in [0, 0.05) is 22.4 Å². The second-order valence-corrected chi connectivity index (χ2v) is 7.12. The van der Waals surface area contributed by atoms with E-state index in [1.54, 1.807) is 0 Å². The SMILES string of the molecule is O=C(CC1Sc2ccccc2NC1=O)Nc1cccc2ccccc12. The van der Waals surface area contributed by atoms with Gasteiger partial charge in [-0.05, 0) is 23.6 Å². The molecular weight excluding hydrogens is 332 g/mol. The lowest BCUT2D eigenvalue weighted by Crippen LogP contribution is -2.32. The predicted molar refractivity (Wildman–Crippen MR) is 102 cm³/mol. The Balaban J connectivity index is 1.50. The van der Waals surface area contributed by atoms with Gasteiger partial charge in [0.15, 0.2) is 0 Å². The molecule has 25 heavy (non-hydrogen) atoms. The molecule has 1 heterocycles. The minimum Gasteiger partial charge on any atom is -0.325 e. The Morgan fingerprint density at radius 1 is 1.00 bits per heavy atom. The first-order valence-corrected chi connectivity index (χ1v) is 8.93. The Hall–Kier alpha value is -2.79. The molecule has 0 saturated heterocycles. The van der Waals surface area contributed by atoms with Crippen LogP contribution in [0.5, 0.6) is 0 Å². The average molecular weight is 348 g/mol. The second kappa shape index (κ2) is 6.61. The molecule has 0 bridgehead atoms. The van der Waals surface area contributed by atoms with E-state index in [2.05, 4.69) is 10.6 Å². The van der Waals surface area contributed by atoms with Crippen LogP contribution in [0.4, 0.5) is 11.4 Å². The van der Waals surface area contributed by atoms with E-state index in [0.29, 0.717) is 0 Å². The molecule has 1 aliphatic rings. The van der Waals surface area contributed by atoms with Crippen LogP contribution in [0.1, 0.15) is 6.42 Å². The van der Waals surface area contributed by atoms with Crippen molar-refractivity contribution < 1.29 is 9.59 Å². The lowest BCUT2D eigenvalue weighted by molar-refractivity contribution is -0.120. The van der Waals surface area contributed by atoms with Crippen molar-refractivity contribution in [3.63, 3.8) is 0 Å². The zero-order chi connectivity index (χ0) is 17.2. The Labute approximate surface area is 149 Å². The molecule has 4 rings (SSSR count). The average Bonchev–Trinajstić information content (AvgIpc) is 2.63. The molecule has 3 aromatic rings. The number of hydrogen-bond donors (Lipinski definition) is 2. The van der Waals surface area contributed by atoms with Crippen molar-refractivity contribution in [3.05, 3.63) is 66.7 Å². The van der Waals surface area contributed by atoms with Crippen LogP contribution in [0, 0.1) is 0 Å². The van der Waals surface area contributed by atoms with Gasteiger partial charge in [0.2, 0.25) is 11.8 Å². The first-order valence-electron chi connectivity index (χ1n) is 8.05. The molecule has 0 aliphatic carbocycles. The van der Waals surface area contributed by atoms with Gasteiger partial charge in [0.1, 0.15) is 0 Å². The normalized spacial score (nSPS) is 16.2. The van der Waals surface area contributed by atoms with E-state index < -0.39 is 5.25 Å². The number of carbonyl (C=O) groups is 2. The molecule has 2 N–H and O–H groups in total. The summed E-state index contributed by atoms with van der Waals surface area (Å²) in [6, 6.07) is 21.3. The summed E-state index contributed by atoms with van der Waals surface area (Å²) in [6.07, 6.45) is 0.133. The second-order valence-electron chi connectivity index (χ2n) is 5.87. The van der Waals surface area contributed by atoms with E-state index >= 15 is 0 Å². The maximum atomic E-state index is 12.5. The first-order chi connectivity index (χ1) is 12.2. The van der Waals surface area contributed by atoms with Gasteiger partial charge in [-0.2, -0.15) is 0 Å². The third-order valence-electron chi connectivity index (χ3n) is 4.14. The highest BCUT2D eigenvalue weighted by molar-refractivity contribution is 8.01. The van der Waals surface area contributed by atoms with Crippen LogP contribution in [-0.2, 0) is 9.59 Å². The topological polar surface area (TPSA) is 58.2 Å². The molecule has 124 valence electrons. The van der Waals surface area contributed by atoms with Crippen molar-refractivity contribution in [3.8, 4) is 0 Å². The largest absolute Gasteiger partial charge is 0.325 e. The van der Waals surface area contributed by atoms with Gasteiger partial charge in [-0.3, -0.25) is 9.59 Å². The highest BCUT2D eigenvalue weighted by Crippen LogP contribution is 2.36. The van der Waals surface area contributed by atoms with E-state index in [9.17, 15) is 9.59 Å². The van der Waals surface area contributed by atoms with Crippen LogP contribution in [0.2, 0.25) is 0 Å². The molecule has 0 spiro atoms. The van der Waals surface area contributed by atoms with Crippen molar-refractivity contribution in [2.75, 3.05) is 10.6 Å². The number of amides is 2. The van der Waals surface area contributed by atoms with Gasteiger partial charge in [-0.15, -0.1) is 11.8 Å². The molecule has 0 radical (unpaired) electrons. The number of thioether (sulfide) groups is 1. The molecule has 1 unspecified atom stereocenters. The zero-order valence-electron chi connectivity index (χ0n) is 13.4.